The van der Waals surface area contributed by atoms with Crippen LogP contribution in [0.5, 0.6) is 5.88 Å². The second kappa shape index (κ2) is 5.93. The Bertz CT molecular complexity index is 567. The molecule has 0 amide bonds. The number of nitrogens with one attached hydrogen (secondary N) is 1. The van der Waals surface area contributed by atoms with E-state index in [-0.39, 0.29) is 0 Å². The van der Waals surface area contributed by atoms with E-state index in [0.29, 0.717) is 29.8 Å². The molecule has 8 heteroatoms. The van der Waals surface area contributed by atoms with Crippen LogP contribution in [0.15, 0.2) is 16.9 Å². The van der Waals surface area contributed by atoms with Gasteiger partial charge in [-0.3, -0.25) is 4.90 Å². The van der Waals surface area contributed by atoms with Crippen LogP contribution in [0, 0.1) is 0 Å². The molecule has 1 aliphatic heterocycles. The van der Waals surface area contributed by atoms with Crippen molar-refractivity contribution in [3.8, 4) is 17.4 Å². The first-order chi connectivity index (χ1) is 9.85. The van der Waals surface area contributed by atoms with E-state index in [2.05, 4.69) is 30.3 Å². The lowest BCUT2D eigenvalue weighted by molar-refractivity contribution is 0.203. The molecule has 106 valence electrons. The lowest BCUT2D eigenvalue weighted by Gasteiger charge is -2.25. The molecule has 20 heavy (non-hydrogen) atoms. The molecule has 0 aliphatic carbocycles. The molecule has 2 aromatic rings. The maximum Gasteiger partial charge on any atom is 0.241 e. The van der Waals surface area contributed by atoms with Crippen molar-refractivity contribution >= 4 is 0 Å². The maximum absolute atomic E-state index is 5.27. The maximum atomic E-state index is 5.27. The van der Waals surface area contributed by atoms with Crippen molar-refractivity contribution in [3.05, 3.63) is 18.3 Å². The zero-order valence-corrected chi connectivity index (χ0v) is 11.2. The van der Waals surface area contributed by atoms with Crippen LogP contribution in [0.1, 0.15) is 5.89 Å². The van der Waals surface area contributed by atoms with E-state index in [1.54, 1.807) is 13.2 Å². The Labute approximate surface area is 116 Å². The summed E-state index contributed by atoms with van der Waals surface area (Å²) >= 11 is 0. The molecule has 0 bridgehead atoms. The van der Waals surface area contributed by atoms with Crippen molar-refractivity contribution in [2.24, 2.45) is 0 Å². The Morgan fingerprint density at radius 2 is 2.20 bits per heavy atom. The normalized spacial score (nSPS) is 16.2. The largest absolute Gasteiger partial charge is 0.481 e. The van der Waals surface area contributed by atoms with Crippen LogP contribution in [0.3, 0.4) is 0 Å². The van der Waals surface area contributed by atoms with Gasteiger partial charge in [0.05, 0.1) is 13.7 Å². The molecular weight excluding hydrogens is 260 g/mol. The van der Waals surface area contributed by atoms with Gasteiger partial charge in [-0.2, -0.15) is 4.98 Å². The molecule has 2 aromatic heterocycles. The average Bonchev–Trinajstić information content (AvgIpc) is 2.97. The van der Waals surface area contributed by atoms with Crippen LogP contribution >= 0.6 is 0 Å². The number of hydrogen-bond donors (Lipinski definition) is 1. The summed E-state index contributed by atoms with van der Waals surface area (Å²) in [5.41, 5.74) is 0.590. The molecule has 0 unspecified atom stereocenters. The molecule has 3 heterocycles. The quantitative estimate of drug-likeness (QED) is 0.830. The van der Waals surface area contributed by atoms with Crippen molar-refractivity contribution < 1.29 is 9.26 Å². The van der Waals surface area contributed by atoms with Gasteiger partial charge in [0.25, 0.3) is 0 Å². The summed E-state index contributed by atoms with van der Waals surface area (Å²) in [6.07, 6.45) is 1.42. The van der Waals surface area contributed by atoms with Crippen LogP contribution in [0.2, 0.25) is 0 Å². The second-order valence-electron chi connectivity index (χ2n) is 4.48. The second-order valence-corrected chi connectivity index (χ2v) is 4.48. The van der Waals surface area contributed by atoms with E-state index < -0.39 is 0 Å². The monoisotopic (exact) mass is 276 g/mol. The van der Waals surface area contributed by atoms with E-state index >= 15 is 0 Å². The molecule has 0 spiro atoms. The van der Waals surface area contributed by atoms with Gasteiger partial charge in [0.15, 0.2) is 0 Å². The van der Waals surface area contributed by atoms with Crippen LogP contribution in [-0.2, 0) is 6.54 Å². The van der Waals surface area contributed by atoms with E-state index in [4.69, 9.17) is 9.26 Å². The van der Waals surface area contributed by atoms with Crippen molar-refractivity contribution in [3.63, 3.8) is 0 Å². The predicted octanol–water partition coefficient (Wildman–Crippen LogP) is -0.0596. The minimum atomic E-state index is 0.454. The average molecular weight is 276 g/mol. The third-order valence-corrected chi connectivity index (χ3v) is 3.12. The fraction of sp³-hybridized carbons (Fsp3) is 0.500. The topological polar surface area (TPSA) is 89.2 Å². The van der Waals surface area contributed by atoms with Crippen LogP contribution in [-0.4, -0.2) is 58.3 Å². The molecule has 8 nitrogen and oxygen atoms in total. The molecule has 0 atom stereocenters. The van der Waals surface area contributed by atoms with E-state index in [1.165, 1.54) is 6.33 Å². The number of nitrogens with zero attached hydrogens (tertiary/aromatic N) is 5. The highest BCUT2D eigenvalue weighted by Gasteiger charge is 2.15. The number of methoxy groups -OCH3 is 1. The number of piperazine rings is 1. The number of hydrogen-bond acceptors (Lipinski definition) is 8. The van der Waals surface area contributed by atoms with Gasteiger partial charge in [-0.15, -0.1) is 0 Å². The molecular formula is C12H16N6O2. The summed E-state index contributed by atoms with van der Waals surface area (Å²) in [5.74, 6) is 1.53. The van der Waals surface area contributed by atoms with Crippen molar-refractivity contribution in [1.82, 2.24) is 30.3 Å². The standard InChI is InChI=1S/C12H16N6O2/c1-19-10-6-9(14-8-15-10)12-16-11(20-17-12)7-18-4-2-13-3-5-18/h6,8,13H,2-5,7H2,1H3. The highest BCUT2D eigenvalue weighted by molar-refractivity contribution is 5.49. The molecule has 1 fully saturated rings. The predicted molar refractivity (Wildman–Crippen MR) is 70.0 cm³/mol. The number of rotatable bonds is 4. The molecule has 1 N–H and O–H groups in total. The van der Waals surface area contributed by atoms with Gasteiger partial charge in [0, 0.05) is 32.2 Å². The molecule has 3 rings (SSSR count). The van der Waals surface area contributed by atoms with Crippen molar-refractivity contribution in [2.75, 3.05) is 33.3 Å². The minimum Gasteiger partial charge on any atom is -0.481 e. The molecule has 1 aliphatic rings. The number of ether oxygens (including phenoxy) is 1. The third kappa shape index (κ3) is 2.91. The van der Waals surface area contributed by atoms with Gasteiger partial charge in [0.1, 0.15) is 12.0 Å². The van der Waals surface area contributed by atoms with Gasteiger partial charge in [-0.05, 0) is 0 Å². The van der Waals surface area contributed by atoms with Crippen LogP contribution < -0.4 is 10.1 Å². The van der Waals surface area contributed by atoms with Crippen molar-refractivity contribution in [2.45, 2.75) is 6.54 Å². The Morgan fingerprint density at radius 1 is 1.35 bits per heavy atom. The zero-order chi connectivity index (χ0) is 13.8. The minimum absolute atomic E-state index is 0.454. The smallest absolute Gasteiger partial charge is 0.241 e. The van der Waals surface area contributed by atoms with Gasteiger partial charge >= 0.3 is 0 Å². The summed E-state index contributed by atoms with van der Waals surface area (Å²) in [6, 6.07) is 1.68. The van der Waals surface area contributed by atoms with E-state index in [0.717, 1.165) is 26.2 Å². The SMILES string of the molecule is COc1cc(-c2noc(CN3CCNCC3)n2)ncn1. The summed E-state index contributed by atoms with van der Waals surface area (Å²) in [5, 5.41) is 7.26. The van der Waals surface area contributed by atoms with Crippen LogP contribution in [0.25, 0.3) is 11.5 Å². The summed E-state index contributed by atoms with van der Waals surface area (Å²) in [4.78, 5) is 14.7. The van der Waals surface area contributed by atoms with Gasteiger partial charge < -0.3 is 14.6 Å². The summed E-state index contributed by atoms with van der Waals surface area (Å²) < 4.78 is 10.3. The Balaban J connectivity index is 1.72. The Hall–Kier alpha value is -2.06. The molecule has 0 radical (unpaired) electrons. The van der Waals surface area contributed by atoms with E-state index in [1.807, 2.05) is 0 Å². The summed E-state index contributed by atoms with van der Waals surface area (Å²) in [7, 11) is 1.55. The lowest BCUT2D eigenvalue weighted by Crippen LogP contribution is -2.42. The fourth-order valence-electron chi connectivity index (χ4n) is 2.06. The van der Waals surface area contributed by atoms with Gasteiger partial charge in [0.2, 0.25) is 17.6 Å². The van der Waals surface area contributed by atoms with Gasteiger partial charge in [-0.25, -0.2) is 9.97 Å². The van der Waals surface area contributed by atoms with Crippen molar-refractivity contribution in [1.29, 1.82) is 0 Å². The first-order valence-corrected chi connectivity index (χ1v) is 6.47. The van der Waals surface area contributed by atoms with E-state index in [9.17, 15) is 0 Å². The lowest BCUT2D eigenvalue weighted by atomic mass is 10.3. The highest BCUT2D eigenvalue weighted by Crippen LogP contribution is 2.17. The molecule has 1 saturated heterocycles. The fourth-order valence-corrected chi connectivity index (χ4v) is 2.06. The molecule has 0 aromatic carbocycles. The first-order valence-electron chi connectivity index (χ1n) is 6.47. The number of aromatic nitrogens is 4. The van der Waals surface area contributed by atoms with Gasteiger partial charge in [-0.1, -0.05) is 5.16 Å². The Morgan fingerprint density at radius 3 is 3.00 bits per heavy atom. The summed E-state index contributed by atoms with van der Waals surface area (Å²) in [6.45, 7) is 4.61. The zero-order valence-electron chi connectivity index (χ0n) is 11.2. The molecule has 0 saturated carbocycles. The Kier molecular flexibility index (Phi) is 3.84. The highest BCUT2D eigenvalue weighted by atomic mass is 16.5. The van der Waals surface area contributed by atoms with Crippen LogP contribution in [0.4, 0.5) is 0 Å². The first kappa shape index (κ1) is 12.9. The third-order valence-electron chi connectivity index (χ3n) is 3.12.